The van der Waals surface area contributed by atoms with Gasteiger partial charge in [-0.3, -0.25) is 14.5 Å². The fourth-order valence-electron chi connectivity index (χ4n) is 5.48. The molecule has 3 heterocycles. The van der Waals surface area contributed by atoms with Gasteiger partial charge in [0.1, 0.15) is 6.04 Å². The van der Waals surface area contributed by atoms with Crippen LogP contribution in [0.5, 0.6) is 0 Å². The molecule has 2 fully saturated rings. The molecule has 36 heavy (non-hydrogen) atoms. The van der Waals surface area contributed by atoms with Gasteiger partial charge >= 0.3 is 6.03 Å². The van der Waals surface area contributed by atoms with E-state index in [0.717, 1.165) is 37.1 Å². The van der Waals surface area contributed by atoms with E-state index in [0.29, 0.717) is 43.3 Å². The Hall–Kier alpha value is -3.10. The van der Waals surface area contributed by atoms with Gasteiger partial charge in [0, 0.05) is 55.9 Å². The summed E-state index contributed by atoms with van der Waals surface area (Å²) < 4.78 is 0. The number of carbonyl (C=O) groups excluding carboxylic acids is 3. The number of likely N-dealkylation sites (tertiary alicyclic amines) is 1. The molecule has 0 aromatic heterocycles. The summed E-state index contributed by atoms with van der Waals surface area (Å²) in [5, 5.41) is 3.52. The standard InChI is InChI=1S/C27H32ClN5O3/c1-30-14-15-32(25(34)18-30)23-10-12-31(13-11-23)26(35)24-16-19-4-2-3-5-20(19)17-33(24)27(36)29-22-8-6-21(28)7-9-22/h2-9,23-24H,10-18H2,1H3,(H,29,36)/t24-/m1/s1. The Morgan fingerprint density at radius 2 is 1.61 bits per heavy atom. The predicted molar refractivity (Wildman–Crippen MR) is 139 cm³/mol. The van der Waals surface area contributed by atoms with Crippen molar-refractivity contribution in [2.45, 2.75) is 37.9 Å². The molecule has 0 bridgehead atoms. The van der Waals surface area contributed by atoms with E-state index in [1.807, 2.05) is 46.0 Å². The van der Waals surface area contributed by atoms with Gasteiger partial charge in [0.2, 0.25) is 11.8 Å². The maximum atomic E-state index is 13.8. The summed E-state index contributed by atoms with van der Waals surface area (Å²) in [6, 6.07) is 14.2. The van der Waals surface area contributed by atoms with E-state index in [1.165, 1.54) is 0 Å². The van der Waals surface area contributed by atoms with Crippen LogP contribution in [-0.4, -0.2) is 89.3 Å². The highest BCUT2D eigenvalue weighted by Gasteiger charge is 2.39. The van der Waals surface area contributed by atoms with Crippen molar-refractivity contribution in [1.29, 1.82) is 0 Å². The normalized spacial score (nSPS) is 21.3. The van der Waals surface area contributed by atoms with Gasteiger partial charge < -0.3 is 20.0 Å². The third-order valence-corrected chi connectivity index (χ3v) is 7.81. The highest BCUT2D eigenvalue weighted by Crippen LogP contribution is 2.27. The van der Waals surface area contributed by atoms with Gasteiger partial charge in [-0.2, -0.15) is 0 Å². The van der Waals surface area contributed by atoms with E-state index >= 15 is 0 Å². The molecular formula is C27H32ClN5O3. The maximum Gasteiger partial charge on any atom is 0.322 e. The number of nitrogens with zero attached hydrogens (tertiary/aromatic N) is 4. The summed E-state index contributed by atoms with van der Waals surface area (Å²) in [6.45, 7) is 3.63. The quantitative estimate of drug-likeness (QED) is 0.690. The number of piperazine rings is 1. The fraction of sp³-hybridized carbons (Fsp3) is 0.444. The third-order valence-electron chi connectivity index (χ3n) is 7.56. The number of halogens is 1. The SMILES string of the molecule is CN1CCN(C2CCN(C(=O)[C@H]3Cc4ccccc4CN3C(=O)Nc3ccc(Cl)cc3)CC2)C(=O)C1. The van der Waals surface area contributed by atoms with Crippen molar-refractivity contribution in [3.8, 4) is 0 Å². The van der Waals surface area contributed by atoms with Gasteiger partial charge in [0.05, 0.1) is 6.54 Å². The minimum Gasteiger partial charge on any atom is -0.341 e. The predicted octanol–water partition coefficient (Wildman–Crippen LogP) is 3.06. The third kappa shape index (κ3) is 5.20. The first kappa shape index (κ1) is 24.6. The van der Waals surface area contributed by atoms with Gasteiger partial charge in [-0.25, -0.2) is 4.79 Å². The first-order valence-electron chi connectivity index (χ1n) is 12.6. The number of nitrogens with one attached hydrogen (secondary N) is 1. The Labute approximate surface area is 216 Å². The van der Waals surface area contributed by atoms with E-state index < -0.39 is 6.04 Å². The lowest BCUT2D eigenvalue weighted by molar-refractivity contribution is -0.142. The molecule has 0 aliphatic carbocycles. The molecule has 9 heteroatoms. The van der Waals surface area contributed by atoms with Crippen LogP contribution in [0.4, 0.5) is 10.5 Å². The molecule has 0 saturated carbocycles. The maximum absolute atomic E-state index is 13.8. The highest BCUT2D eigenvalue weighted by atomic mass is 35.5. The zero-order chi connectivity index (χ0) is 25.2. The number of urea groups is 1. The average Bonchev–Trinajstić information content (AvgIpc) is 2.89. The zero-order valence-electron chi connectivity index (χ0n) is 20.5. The van der Waals surface area contributed by atoms with Crippen LogP contribution in [0.15, 0.2) is 48.5 Å². The number of carbonyl (C=O) groups is 3. The second kappa shape index (κ2) is 10.5. The number of anilines is 1. The Morgan fingerprint density at radius 3 is 2.31 bits per heavy atom. The van der Waals surface area contributed by atoms with Crippen LogP contribution >= 0.6 is 11.6 Å². The number of hydrogen-bond acceptors (Lipinski definition) is 4. The smallest absolute Gasteiger partial charge is 0.322 e. The average molecular weight is 510 g/mol. The van der Waals surface area contributed by atoms with Gasteiger partial charge in [0.25, 0.3) is 0 Å². The van der Waals surface area contributed by atoms with Crippen molar-refractivity contribution in [2.75, 3.05) is 45.1 Å². The van der Waals surface area contributed by atoms with Crippen molar-refractivity contribution in [1.82, 2.24) is 19.6 Å². The van der Waals surface area contributed by atoms with Crippen LogP contribution in [0.1, 0.15) is 24.0 Å². The van der Waals surface area contributed by atoms with Gasteiger partial charge in [-0.1, -0.05) is 35.9 Å². The van der Waals surface area contributed by atoms with Crippen molar-refractivity contribution in [3.05, 3.63) is 64.7 Å². The highest BCUT2D eigenvalue weighted by molar-refractivity contribution is 6.30. The van der Waals surface area contributed by atoms with Crippen LogP contribution in [-0.2, 0) is 22.6 Å². The van der Waals surface area contributed by atoms with Gasteiger partial charge in [0.15, 0.2) is 0 Å². The van der Waals surface area contributed by atoms with Crippen molar-refractivity contribution in [3.63, 3.8) is 0 Å². The van der Waals surface area contributed by atoms with E-state index in [2.05, 4.69) is 5.32 Å². The number of amides is 4. The van der Waals surface area contributed by atoms with E-state index in [9.17, 15) is 14.4 Å². The summed E-state index contributed by atoms with van der Waals surface area (Å²) >= 11 is 5.98. The Kier molecular flexibility index (Phi) is 7.16. The number of rotatable bonds is 3. The van der Waals surface area contributed by atoms with E-state index in [1.54, 1.807) is 29.2 Å². The molecule has 0 radical (unpaired) electrons. The van der Waals surface area contributed by atoms with Crippen LogP contribution in [0.25, 0.3) is 0 Å². The van der Waals surface area contributed by atoms with E-state index in [-0.39, 0.29) is 23.9 Å². The fourth-order valence-corrected chi connectivity index (χ4v) is 5.61. The lowest BCUT2D eigenvalue weighted by atomic mass is 9.92. The molecule has 0 spiro atoms. The Balaban J connectivity index is 1.28. The Bertz CT molecular complexity index is 1130. The molecular weight excluding hydrogens is 478 g/mol. The topological polar surface area (TPSA) is 76.2 Å². The summed E-state index contributed by atoms with van der Waals surface area (Å²) in [6.07, 6.45) is 2.02. The zero-order valence-corrected chi connectivity index (χ0v) is 21.3. The number of fused-ring (bicyclic) bond motifs is 1. The lowest BCUT2D eigenvalue weighted by Gasteiger charge is -2.44. The number of likely N-dealkylation sites (N-methyl/N-ethyl adjacent to an activating group) is 1. The molecule has 3 aliphatic rings. The molecule has 2 saturated heterocycles. The number of benzene rings is 2. The molecule has 1 atom stereocenters. The monoisotopic (exact) mass is 509 g/mol. The lowest BCUT2D eigenvalue weighted by Crippen LogP contribution is -2.58. The summed E-state index contributed by atoms with van der Waals surface area (Å²) in [5.41, 5.74) is 2.79. The van der Waals surface area contributed by atoms with Crippen molar-refractivity contribution < 1.29 is 14.4 Å². The molecule has 3 aliphatic heterocycles. The molecule has 5 rings (SSSR count). The molecule has 1 N–H and O–H groups in total. The van der Waals surface area contributed by atoms with Crippen LogP contribution in [0.3, 0.4) is 0 Å². The Morgan fingerprint density at radius 1 is 0.917 bits per heavy atom. The minimum absolute atomic E-state index is 0.0288. The minimum atomic E-state index is -0.575. The molecule has 190 valence electrons. The van der Waals surface area contributed by atoms with E-state index in [4.69, 9.17) is 11.6 Å². The molecule has 2 aromatic rings. The molecule has 2 aromatic carbocycles. The number of hydrogen-bond donors (Lipinski definition) is 1. The molecule has 0 unspecified atom stereocenters. The van der Waals surface area contributed by atoms with Crippen LogP contribution in [0.2, 0.25) is 5.02 Å². The second-order valence-corrected chi connectivity index (χ2v) is 10.4. The summed E-state index contributed by atoms with van der Waals surface area (Å²) in [7, 11) is 1.97. The number of piperidine rings is 1. The largest absolute Gasteiger partial charge is 0.341 e. The molecule has 8 nitrogen and oxygen atoms in total. The molecule has 4 amide bonds. The van der Waals surface area contributed by atoms with Crippen LogP contribution in [0, 0.1) is 0 Å². The van der Waals surface area contributed by atoms with Crippen LogP contribution < -0.4 is 5.32 Å². The summed E-state index contributed by atoms with van der Waals surface area (Å²) in [4.78, 5) is 47.2. The van der Waals surface area contributed by atoms with Crippen molar-refractivity contribution >= 4 is 35.1 Å². The second-order valence-electron chi connectivity index (χ2n) is 9.93. The first-order chi connectivity index (χ1) is 17.4. The first-order valence-corrected chi connectivity index (χ1v) is 12.9. The van der Waals surface area contributed by atoms with Gasteiger partial charge in [-0.05, 0) is 55.3 Å². The summed E-state index contributed by atoms with van der Waals surface area (Å²) in [5.74, 6) is 0.140. The van der Waals surface area contributed by atoms with Gasteiger partial charge in [-0.15, -0.1) is 0 Å². The van der Waals surface area contributed by atoms with Crippen molar-refractivity contribution in [2.24, 2.45) is 0 Å².